The molecule has 20 heavy (non-hydrogen) atoms. The first-order chi connectivity index (χ1) is 9.60. The number of esters is 1. The topological polar surface area (TPSA) is 47.6 Å². The Hall–Kier alpha value is -1.55. The van der Waals surface area contributed by atoms with Crippen LogP contribution in [0.1, 0.15) is 25.3 Å². The third-order valence-corrected chi connectivity index (χ3v) is 3.53. The molecule has 0 spiro atoms. The lowest BCUT2D eigenvalue weighted by molar-refractivity contribution is -0.144. The summed E-state index contributed by atoms with van der Waals surface area (Å²) in [6, 6.07) is 7.86. The van der Waals surface area contributed by atoms with Crippen LogP contribution in [-0.4, -0.2) is 31.8 Å². The fourth-order valence-electron chi connectivity index (χ4n) is 2.16. The Morgan fingerprint density at radius 2 is 2.00 bits per heavy atom. The molecule has 2 rings (SSSR count). The molecule has 1 N–H and O–H groups in total. The van der Waals surface area contributed by atoms with E-state index in [-0.39, 0.29) is 18.1 Å². The lowest BCUT2D eigenvalue weighted by Gasteiger charge is -2.21. The van der Waals surface area contributed by atoms with E-state index in [0.29, 0.717) is 12.5 Å². The van der Waals surface area contributed by atoms with Crippen LogP contribution in [0.5, 0.6) is 5.75 Å². The molecule has 2 unspecified atom stereocenters. The summed E-state index contributed by atoms with van der Waals surface area (Å²) in [5, 5.41) is 3.31. The van der Waals surface area contributed by atoms with E-state index in [1.54, 1.807) is 0 Å². The maximum Gasteiger partial charge on any atom is 0.323 e. The zero-order chi connectivity index (χ0) is 14.5. The molecule has 0 heterocycles. The molecule has 1 aliphatic carbocycles. The fraction of sp³-hybridized carbons (Fsp3) is 0.562. The van der Waals surface area contributed by atoms with Crippen molar-refractivity contribution in [2.24, 2.45) is 5.92 Å². The van der Waals surface area contributed by atoms with E-state index >= 15 is 0 Å². The van der Waals surface area contributed by atoms with Crippen molar-refractivity contribution in [3.8, 4) is 5.75 Å². The van der Waals surface area contributed by atoms with Crippen molar-refractivity contribution in [3.63, 3.8) is 0 Å². The van der Waals surface area contributed by atoms with Crippen molar-refractivity contribution in [1.82, 2.24) is 5.32 Å². The second kappa shape index (κ2) is 6.75. The van der Waals surface area contributed by atoms with Crippen LogP contribution < -0.4 is 10.1 Å². The number of carbonyl (C=O) groups excluding carboxylic acids is 1. The number of carbonyl (C=O) groups is 1. The van der Waals surface area contributed by atoms with Crippen molar-refractivity contribution in [1.29, 1.82) is 0 Å². The van der Waals surface area contributed by atoms with Crippen LogP contribution in [0.2, 0.25) is 0 Å². The largest absolute Gasteiger partial charge is 0.492 e. The van der Waals surface area contributed by atoms with E-state index in [4.69, 9.17) is 9.47 Å². The van der Waals surface area contributed by atoms with E-state index in [0.717, 1.165) is 18.6 Å². The first-order valence-corrected chi connectivity index (χ1v) is 7.13. The number of methoxy groups -OCH3 is 1. The molecule has 0 radical (unpaired) electrons. The second-order valence-corrected chi connectivity index (χ2v) is 5.53. The molecule has 110 valence electrons. The van der Waals surface area contributed by atoms with Crippen LogP contribution >= 0.6 is 0 Å². The van der Waals surface area contributed by atoms with Crippen LogP contribution in [0.25, 0.3) is 0 Å². The lowest BCUT2D eigenvalue weighted by Crippen LogP contribution is -2.46. The molecule has 2 atom stereocenters. The number of hydrogen-bond acceptors (Lipinski definition) is 4. The van der Waals surface area contributed by atoms with Crippen molar-refractivity contribution in [2.75, 3.05) is 13.7 Å². The number of rotatable bonds is 7. The van der Waals surface area contributed by atoms with Gasteiger partial charge < -0.3 is 9.47 Å². The quantitative estimate of drug-likeness (QED) is 0.777. The van der Waals surface area contributed by atoms with Crippen LogP contribution in [0, 0.1) is 12.8 Å². The van der Waals surface area contributed by atoms with Gasteiger partial charge in [-0.25, -0.2) is 0 Å². The number of benzene rings is 1. The molecular weight excluding hydrogens is 254 g/mol. The highest BCUT2D eigenvalue weighted by molar-refractivity contribution is 5.76. The Balaban J connectivity index is 1.80. The van der Waals surface area contributed by atoms with Gasteiger partial charge in [0, 0.05) is 6.04 Å². The zero-order valence-electron chi connectivity index (χ0n) is 12.4. The van der Waals surface area contributed by atoms with Crippen molar-refractivity contribution in [2.45, 2.75) is 38.8 Å². The smallest absolute Gasteiger partial charge is 0.323 e. The summed E-state index contributed by atoms with van der Waals surface area (Å²) in [5.74, 6) is 1.10. The normalized spacial score (nSPS) is 17.4. The average Bonchev–Trinajstić information content (AvgIpc) is 3.28. The van der Waals surface area contributed by atoms with Gasteiger partial charge in [0.15, 0.2) is 0 Å². The minimum atomic E-state index is -0.198. The van der Waals surface area contributed by atoms with E-state index in [1.165, 1.54) is 12.7 Å². The van der Waals surface area contributed by atoms with Crippen molar-refractivity contribution >= 4 is 5.97 Å². The highest BCUT2D eigenvalue weighted by Gasteiger charge is 2.37. The molecule has 0 aromatic heterocycles. The molecule has 4 nitrogen and oxygen atoms in total. The zero-order valence-corrected chi connectivity index (χ0v) is 12.4. The highest BCUT2D eigenvalue weighted by Crippen LogP contribution is 2.33. The third kappa shape index (κ3) is 4.23. The molecule has 4 heteroatoms. The summed E-state index contributed by atoms with van der Waals surface area (Å²) in [6.45, 7) is 4.60. The minimum absolute atomic E-state index is 0.0982. The first-order valence-electron chi connectivity index (χ1n) is 7.13. The lowest BCUT2D eigenvalue weighted by atomic mass is 10.1. The van der Waals surface area contributed by atoms with Gasteiger partial charge in [-0.3, -0.25) is 10.1 Å². The Kier molecular flexibility index (Phi) is 5.01. The SMILES string of the molecule is COC(=O)C(NC(C)COc1ccc(C)cc1)C1CC1. The molecule has 1 fully saturated rings. The van der Waals surface area contributed by atoms with Gasteiger partial charge in [0.05, 0.1) is 7.11 Å². The summed E-state index contributed by atoms with van der Waals surface area (Å²) in [6.07, 6.45) is 2.19. The molecule has 1 aliphatic rings. The summed E-state index contributed by atoms with van der Waals surface area (Å²) in [5.41, 5.74) is 1.21. The molecule has 0 saturated heterocycles. The van der Waals surface area contributed by atoms with Crippen LogP contribution in [0.4, 0.5) is 0 Å². The third-order valence-electron chi connectivity index (χ3n) is 3.53. The molecular formula is C16H23NO3. The maximum atomic E-state index is 11.7. The van der Waals surface area contributed by atoms with E-state index < -0.39 is 0 Å². The molecule has 0 bridgehead atoms. The van der Waals surface area contributed by atoms with Gasteiger partial charge in [-0.2, -0.15) is 0 Å². The summed E-state index contributed by atoms with van der Waals surface area (Å²) in [4.78, 5) is 11.7. The van der Waals surface area contributed by atoms with Gasteiger partial charge in [0.25, 0.3) is 0 Å². The Bertz CT molecular complexity index is 440. The molecule has 0 aliphatic heterocycles. The van der Waals surface area contributed by atoms with Gasteiger partial charge in [0.1, 0.15) is 18.4 Å². The number of nitrogens with one attached hydrogen (secondary N) is 1. The monoisotopic (exact) mass is 277 g/mol. The maximum absolute atomic E-state index is 11.7. The van der Waals surface area contributed by atoms with Gasteiger partial charge in [-0.15, -0.1) is 0 Å². The van der Waals surface area contributed by atoms with Gasteiger partial charge in [-0.1, -0.05) is 17.7 Å². The number of aryl methyl sites for hydroxylation is 1. The summed E-state index contributed by atoms with van der Waals surface area (Å²) < 4.78 is 10.6. The first kappa shape index (κ1) is 14.9. The molecule has 1 aromatic rings. The van der Waals surface area contributed by atoms with Crippen LogP contribution in [0.15, 0.2) is 24.3 Å². The Morgan fingerprint density at radius 3 is 2.55 bits per heavy atom. The van der Waals surface area contributed by atoms with E-state index in [1.807, 2.05) is 38.1 Å². The van der Waals surface area contributed by atoms with Crippen LogP contribution in [-0.2, 0) is 9.53 Å². The Morgan fingerprint density at radius 1 is 1.35 bits per heavy atom. The molecule has 1 aromatic carbocycles. The van der Waals surface area contributed by atoms with Crippen molar-refractivity contribution < 1.29 is 14.3 Å². The van der Waals surface area contributed by atoms with Gasteiger partial charge in [-0.05, 0) is 44.7 Å². The summed E-state index contributed by atoms with van der Waals surface area (Å²) >= 11 is 0. The second-order valence-electron chi connectivity index (χ2n) is 5.53. The predicted octanol–water partition coefficient (Wildman–Crippen LogP) is 2.30. The fourth-order valence-corrected chi connectivity index (χ4v) is 2.16. The minimum Gasteiger partial charge on any atom is -0.492 e. The van der Waals surface area contributed by atoms with E-state index in [2.05, 4.69) is 5.32 Å². The van der Waals surface area contributed by atoms with Gasteiger partial charge in [0.2, 0.25) is 0 Å². The van der Waals surface area contributed by atoms with Crippen LogP contribution in [0.3, 0.4) is 0 Å². The number of ether oxygens (including phenoxy) is 2. The van der Waals surface area contributed by atoms with E-state index in [9.17, 15) is 4.79 Å². The van der Waals surface area contributed by atoms with Crippen molar-refractivity contribution in [3.05, 3.63) is 29.8 Å². The molecule has 1 saturated carbocycles. The number of hydrogen-bond donors (Lipinski definition) is 1. The average molecular weight is 277 g/mol. The predicted molar refractivity (Wildman–Crippen MR) is 77.8 cm³/mol. The molecule has 0 amide bonds. The Labute approximate surface area is 120 Å². The van der Waals surface area contributed by atoms with Gasteiger partial charge >= 0.3 is 5.97 Å². The standard InChI is InChI=1S/C16H23NO3/c1-11-4-8-14(9-5-11)20-10-12(2)17-15(13-6-7-13)16(18)19-3/h4-5,8-9,12-13,15,17H,6-7,10H2,1-3H3. The highest BCUT2D eigenvalue weighted by atomic mass is 16.5. The summed E-state index contributed by atoms with van der Waals surface area (Å²) in [7, 11) is 1.44.